The van der Waals surface area contributed by atoms with E-state index >= 15 is 0 Å². The van der Waals surface area contributed by atoms with E-state index in [-0.39, 0.29) is 0 Å². The largest absolute Gasteiger partial charge is 0.346 e. The number of fused-ring (bicyclic) bond motifs is 1. The molecule has 0 bridgehead atoms. The Morgan fingerprint density at radius 3 is 2.68 bits per heavy atom. The van der Waals surface area contributed by atoms with Gasteiger partial charge < -0.3 is 10.3 Å². The lowest BCUT2D eigenvalue weighted by Gasteiger charge is -2.06. The molecule has 4 heteroatoms. The molecule has 0 aliphatic rings. The van der Waals surface area contributed by atoms with Crippen molar-refractivity contribution in [2.24, 2.45) is 0 Å². The molecule has 2 N–H and O–H groups in total. The van der Waals surface area contributed by atoms with E-state index in [0.29, 0.717) is 0 Å². The Labute approximate surface area is 111 Å². The van der Waals surface area contributed by atoms with E-state index < -0.39 is 0 Å². The van der Waals surface area contributed by atoms with Gasteiger partial charge in [0.1, 0.15) is 11.5 Å². The first-order chi connectivity index (χ1) is 9.29. The molecule has 0 amide bonds. The van der Waals surface area contributed by atoms with E-state index in [1.54, 1.807) is 0 Å². The van der Waals surface area contributed by atoms with Crippen molar-refractivity contribution in [3.63, 3.8) is 0 Å². The van der Waals surface area contributed by atoms with E-state index in [9.17, 15) is 0 Å². The summed E-state index contributed by atoms with van der Waals surface area (Å²) in [6, 6.07) is 10.2. The zero-order chi connectivity index (χ0) is 13.2. The molecular formula is C15H16N4. The molecule has 3 rings (SSSR count). The summed E-state index contributed by atoms with van der Waals surface area (Å²) in [6.45, 7) is 2.72. The highest BCUT2D eigenvalue weighted by atomic mass is 15.0. The first-order valence-electron chi connectivity index (χ1n) is 6.34. The molecule has 0 saturated heterocycles. The molecule has 1 aromatic carbocycles. The fourth-order valence-electron chi connectivity index (χ4n) is 2.34. The van der Waals surface area contributed by atoms with Crippen LogP contribution in [0.15, 0.2) is 36.5 Å². The van der Waals surface area contributed by atoms with Crippen LogP contribution in [0.5, 0.6) is 0 Å². The van der Waals surface area contributed by atoms with E-state index in [2.05, 4.69) is 32.4 Å². The number of aromatic nitrogens is 3. The second-order valence-electron chi connectivity index (χ2n) is 4.55. The van der Waals surface area contributed by atoms with Crippen LogP contribution in [0.4, 0.5) is 0 Å². The third kappa shape index (κ3) is 2.11. The van der Waals surface area contributed by atoms with Gasteiger partial charge in [-0.05, 0) is 19.5 Å². The third-order valence-corrected chi connectivity index (χ3v) is 3.14. The smallest absolute Gasteiger partial charge is 0.141 e. The first kappa shape index (κ1) is 11.9. The number of benzene rings is 1. The third-order valence-electron chi connectivity index (χ3n) is 3.14. The topological polar surface area (TPSA) is 53.6 Å². The van der Waals surface area contributed by atoms with Crippen molar-refractivity contribution < 1.29 is 0 Å². The van der Waals surface area contributed by atoms with Crippen LogP contribution in [0.1, 0.15) is 11.4 Å². The molecule has 0 aliphatic heterocycles. The normalized spacial score (nSPS) is 11.1. The average molecular weight is 252 g/mol. The lowest BCUT2D eigenvalue weighted by molar-refractivity contribution is 0.823. The molecule has 0 radical (unpaired) electrons. The Kier molecular flexibility index (Phi) is 3.01. The fourth-order valence-corrected chi connectivity index (χ4v) is 2.34. The lowest BCUT2D eigenvalue weighted by atomic mass is 10.1. The van der Waals surface area contributed by atoms with Crippen LogP contribution in [0.3, 0.4) is 0 Å². The van der Waals surface area contributed by atoms with E-state index in [0.717, 1.165) is 34.7 Å². The van der Waals surface area contributed by atoms with Gasteiger partial charge in [-0.2, -0.15) is 0 Å². The molecule has 2 heterocycles. The molecule has 0 aliphatic carbocycles. The number of aryl methyl sites for hydroxylation is 1. The molecule has 0 unspecified atom stereocenters. The van der Waals surface area contributed by atoms with Gasteiger partial charge in [0.25, 0.3) is 0 Å². The Morgan fingerprint density at radius 1 is 1.16 bits per heavy atom. The van der Waals surface area contributed by atoms with Crippen molar-refractivity contribution in [3.05, 3.63) is 47.9 Å². The molecule has 2 aromatic heterocycles. The summed E-state index contributed by atoms with van der Waals surface area (Å²) in [7, 11) is 1.94. The minimum atomic E-state index is 0.782. The highest BCUT2D eigenvalue weighted by Crippen LogP contribution is 2.28. The summed E-state index contributed by atoms with van der Waals surface area (Å²) in [6.07, 6.45) is 2.00. The average Bonchev–Trinajstić information content (AvgIpc) is 2.82. The summed E-state index contributed by atoms with van der Waals surface area (Å²) in [5.41, 5.74) is 4.21. The van der Waals surface area contributed by atoms with Gasteiger partial charge in [0.05, 0.1) is 5.69 Å². The summed E-state index contributed by atoms with van der Waals surface area (Å²) < 4.78 is 0. The van der Waals surface area contributed by atoms with Crippen molar-refractivity contribution in [1.82, 2.24) is 20.3 Å². The predicted octanol–water partition coefficient (Wildman–Crippen LogP) is 2.65. The maximum Gasteiger partial charge on any atom is 0.141 e. The van der Waals surface area contributed by atoms with Gasteiger partial charge >= 0.3 is 0 Å². The van der Waals surface area contributed by atoms with Crippen LogP contribution < -0.4 is 5.32 Å². The van der Waals surface area contributed by atoms with Crippen LogP contribution in [0.2, 0.25) is 0 Å². The summed E-state index contributed by atoms with van der Waals surface area (Å²) in [5.74, 6) is 0.782. The molecule has 0 fully saturated rings. The van der Waals surface area contributed by atoms with Crippen LogP contribution in [-0.2, 0) is 6.54 Å². The number of nitrogens with one attached hydrogen (secondary N) is 2. The minimum absolute atomic E-state index is 0.782. The Morgan fingerprint density at radius 2 is 1.95 bits per heavy atom. The van der Waals surface area contributed by atoms with Gasteiger partial charge in [0, 0.05) is 23.7 Å². The molecule has 3 aromatic rings. The standard InChI is InChI=1S/C15H16N4/c1-10-18-14(11-6-4-3-5-7-11)13-12(8-16-2)9-17-15(13)19-10/h3-7,9,16H,8H2,1-2H3,(H,17,18,19). The van der Waals surface area contributed by atoms with E-state index in [4.69, 9.17) is 0 Å². The molecule has 0 saturated carbocycles. The first-order valence-corrected chi connectivity index (χ1v) is 6.34. The predicted molar refractivity (Wildman–Crippen MR) is 76.8 cm³/mol. The highest BCUT2D eigenvalue weighted by Gasteiger charge is 2.13. The van der Waals surface area contributed by atoms with Crippen LogP contribution in [0, 0.1) is 6.92 Å². The molecule has 0 atom stereocenters. The van der Waals surface area contributed by atoms with Gasteiger partial charge in [0.15, 0.2) is 0 Å². The van der Waals surface area contributed by atoms with Gasteiger partial charge in [-0.25, -0.2) is 9.97 Å². The maximum absolute atomic E-state index is 4.63. The van der Waals surface area contributed by atoms with Gasteiger partial charge in [-0.3, -0.25) is 0 Å². The number of rotatable bonds is 3. The Hall–Kier alpha value is -2.20. The highest BCUT2D eigenvalue weighted by molar-refractivity contribution is 5.93. The Bertz CT molecular complexity index is 701. The van der Waals surface area contributed by atoms with Gasteiger partial charge in [-0.1, -0.05) is 30.3 Å². The van der Waals surface area contributed by atoms with Crippen LogP contribution >= 0.6 is 0 Å². The Balaban J connectivity index is 2.30. The summed E-state index contributed by atoms with van der Waals surface area (Å²) in [4.78, 5) is 12.3. The molecule has 4 nitrogen and oxygen atoms in total. The summed E-state index contributed by atoms with van der Waals surface area (Å²) in [5, 5.41) is 4.28. The SMILES string of the molecule is CNCc1c[nH]c2nc(C)nc(-c3ccccc3)c12. The van der Waals surface area contributed by atoms with Crippen molar-refractivity contribution in [1.29, 1.82) is 0 Å². The van der Waals surface area contributed by atoms with Crippen molar-refractivity contribution >= 4 is 11.0 Å². The quantitative estimate of drug-likeness (QED) is 0.753. The minimum Gasteiger partial charge on any atom is -0.346 e. The monoisotopic (exact) mass is 252 g/mol. The van der Waals surface area contributed by atoms with E-state index in [1.165, 1.54) is 5.56 Å². The molecular weight excluding hydrogens is 236 g/mol. The number of nitrogens with zero attached hydrogens (tertiary/aromatic N) is 2. The van der Waals surface area contributed by atoms with Gasteiger partial charge in [0.2, 0.25) is 0 Å². The maximum atomic E-state index is 4.63. The summed E-state index contributed by atoms with van der Waals surface area (Å²) >= 11 is 0. The van der Waals surface area contributed by atoms with Crippen LogP contribution in [0.25, 0.3) is 22.3 Å². The lowest BCUT2D eigenvalue weighted by Crippen LogP contribution is -2.05. The van der Waals surface area contributed by atoms with Crippen molar-refractivity contribution in [3.8, 4) is 11.3 Å². The number of H-pyrrole nitrogens is 1. The van der Waals surface area contributed by atoms with Crippen molar-refractivity contribution in [2.75, 3.05) is 7.05 Å². The van der Waals surface area contributed by atoms with Crippen LogP contribution in [-0.4, -0.2) is 22.0 Å². The number of hydrogen-bond donors (Lipinski definition) is 2. The zero-order valence-corrected chi connectivity index (χ0v) is 11.1. The second kappa shape index (κ2) is 4.82. The fraction of sp³-hybridized carbons (Fsp3) is 0.200. The van der Waals surface area contributed by atoms with Crippen molar-refractivity contribution in [2.45, 2.75) is 13.5 Å². The zero-order valence-electron chi connectivity index (χ0n) is 11.1. The van der Waals surface area contributed by atoms with Gasteiger partial charge in [-0.15, -0.1) is 0 Å². The molecule has 96 valence electrons. The second-order valence-corrected chi connectivity index (χ2v) is 4.55. The molecule has 19 heavy (non-hydrogen) atoms. The number of aromatic amines is 1. The van der Waals surface area contributed by atoms with E-state index in [1.807, 2.05) is 38.4 Å². The number of hydrogen-bond acceptors (Lipinski definition) is 3. The molecule has 0 spiro atoms.